The van der Waals surface area contributed by atoms with Crippen LogP contribution in [-0.2, 0) is 17.4 Å². The van der Waals surface area contributed by atoms with Gasteiger partial charge in [-0.05, 0) is 5.56 Å². The number of alkyl halides is 5. The van der Waals surface area contributed by atoms with E-state index in [1.807, 2.05) is 0 Å². The molecule has 0 aliphatic carbocycles. The van der Waals surface area contributed by atoms with Gasteiger partial charge in [0.1, 0.15) is 0 Å². The lowest BCUT2D eigenvalue weighted by Crippen LogP contribution is -2.13. The fourth-order valence-electron chi connectivity index (χ4n) is 1.27. The molecule has 0 spiro atoms. The lowest BCUT2D eigenvalue weighted by Gasteiger charge is -2.14. The molecule has 0 amide bonds. The molecule has 1 aromatic heterocycles. The SMILES string of the molecule is O=C(O)Cc1cnc(C(F)(F)F)c(Cl)c1C(F)F. The molecule has 0 unspecified atom stereocenters. The first-order chi connectivity index (χ1) is 8.14. The maximum atomic E-state index is 12.6. The first-order valence-corrected chi connectivity index (χ1v) is 4.76. The molecular weight excluding hydrogens is 285 g/mol. The maximum Gasteiger partial charge on any atom is 0.434 e. The summed E-state index contributed by atoms with van der Waals surface area (Å²) in [7, 11) is 0. The Bertz CT molecular complexity index is 475. The number of rotatable bonds is 3. The number of carbonyl (C=O) groups is 1. The highest BCUT2D eigenvalue weighted by atomic mass is 35.5. The van der Waals surface area contributed by atoms with Crippen molar-refractivity contribution < 1.29 is 31.9 Å². The van der Waals surface area contributed by atoms with Crippen molar-refractivity contribution in [3.8, 4) is 0 Å². The molecule has 0 aromatic carbocycles. The van der Waals surface area contributed by atoms with Gasteiger partial charge in [-0.1, -0.05) is 11.6 Å². The summed E-state index contributed by atoms with van der Waals surface area (Å²) in [5.41, 5.74) is -3.36. The zero-order valence-corrected chi connectivity index (χ0v) is 9.19. The molecule has 0 aliphatic heterocycles. The van der Waals surface area contributed by atoms with E-state index in [1.54, 1.807) is 0 Å². The maximum absolute atomic E-state index is 12.6. The van der Waals surface area contributed by atoms with E-state index in [0.717, 1.165) is 0 Å². The summed E-state index contributed by atoms with van der Waals surface area (Å²) in [6.07, 6.45) is -8.74. The van der Waals surface area contributed by atoms with Gasteiger partial charge in [-0.15, -0.1) is 0 Å². The minimum absolute atomic E-state index is 0.449. The summed E-state index contributed by atoms with van der Waals surface area (Å²) >= 11 is 5.22. The molecule has 100 valence electrons. The monoisotopic (exact) mass is 289 g/mol. The number of halogens is 6. The van der Waals surface area contributed by atoms with Crippen molar-refractivity contribution in [1.82, 2.24) is 4.98 Å². The quantitative estimate of drug-likeness (QED) is 0.869. The van der Waals surface area contributed by atoms with Gasteiger partial charge in [-0.2, -0.15) is 13.2 Å². The highest BCUT2D eigenvalue weighted by Gasteiger charge is 2.38. The molecule has 1 aromatic rings. The van der Waals surface area contributed by atoms with Crippen molar-refractivity contribution in [3.63, 3.8) is 0 Å². The molecule has 1 heterocycles. The molecule has 1 rings (SSSR count). The van der Waals surface area contributed by atoms with Gasteiger partial charge < -0.3 is 5.11 Å². The summed E-state index contributed by atoms with van der Waals surface area (Å²) in [4.78, 5) is 13.3. The van der Waals surface area contributed by atoms with Crippen LogP contribution < -0.4 is 0 Å². The highest BCUT2D eigenvalue weighted by molar-refractivity contribution is 6.32. The first kappa shape index (κ1) is 14.6. The van der Waals surface area contributed by atoms with E-state index in [1.165, 1.54) is 0 Å². The number of nitrogens with zero attached hydrogens (tertiary/aromatic N) is 1. The minimum Gasteiger partial charge on any atom is -0.481 e. The Kier molecular flexibility index (Phi) is 4.10. The number of carboxylic acid groups (broad SMARTS) is 1. The predicted molar refractivity (Wildman–Crippen MR) is 50.5 cm³/mol. The summed E-state index contributed by atoms with van der Waals surface area (Å²) < 4.78 is 62.4. The Morgan fingerprint density at radius 1 is 1.44 bits per heavy atom. The molecule has 0 saturated carbocycles. The Balaban J connectivity index is 3.42. The summed E-state index contributed by atoms with van der Waals surface area (Å²) in [6.45, 7) is 0. The Morgan fingerprint density at radius 3 is 2.39 bits per heavy atom. The standard InChI is InChI=1S/C9H5ClF5NO2/c10-6-5(8(11)12)3(1-4(17)18)2-16-7(6)9(13,14)15/h2,8H,1H2,(H,17,18). The topological polar surface area (TPSA) is 50.2 Å². The van der Waals surface area contributed by atoms with Crippen molar-refractivity contribution >= 4 is 17.6 Å². The van der Waals surface area contributed by atoms with Gasteiger partial charge in [0.2, 0.25) is 0 Å². The average Bonchev–Trinajstić information content (AvgIpc) is 2.13. The number of hydrogen-bond acceptors (Lipinski definition) is 2. The van der Waals surface area contributed by atoms with Crippen LogP contribution in [0.3, 0.4) is 0 Å². The zero-order chi connectivity index (χ0) is 14.1. The fraction of sp³-hybridized carbons (Fsp3) is 0.333. The molecule has 9 heteroatoms. The number of aliphatic carboxylic acids is 1. The molecular formula is C9H5ClF5NO2. The molecule has 18 heavy (non-hydrogen) atoms. The van der Waals surface area contributed by atoms with Crippen LogP contribution in [0.1, 0.15) is 23.2 Å². The molecule has 0 fully saturated rings. The zero-order valence-electron chi connectivity index (χ0n) is 8.43. The van der Waals surface area contributed by atoms with E-state index < -0.39 is 46.8 Å². The van der Waals surface area contributed by atoms with Crippen LogP contribution in [0.15, 0.2) is 6.20 Å². The molecule has 0 atom stereocenters. The van der Waals surface area contributed by atoms with E-state index in [9.17, 15) is 26.7 Å². The van der Waals surface area contributed by atoms with Gasteiger partial charge in [0.25, 0.3) is 6.43 Å². The second-order valence-corrected chi connectivity index (χ2v) is 3.61. The average molecular weight is 290 g/mol. The van der Waals surface area contributed by atoms with Gasteiger partial charge in [-0.25, -0.2) is 8.78 Å². The van der Waals surface area contributed by atoms with Gasteiger partial charge in [0, 0.05) is 11.8 Å². The van der Waals surface area contributed by atoms with Gasteiger partial charge in [-0.3, -0.25) is 9.78 Å². The van der Waals surface area contributed by atoms with Crippen LogP contribution in [-0.4, -0.2) is 16.1 Å². The molecule has 0 aliphatic rings. The summed E-state index contributed by atoms with van der Waals surface area (Å²) in [5, 5.41) is 7.19. The van der Waals surface area contributed by atoms with Crippen LogP contribution in [0.5, 0.6) is 0 Å². The molecule has 1 N–H and O–H groups in total. The third-order valence-electron chi connectivity index (χ3n) is 1.97. The second kappa shape index (κ2) is 5.05. The number of hydrogen-bond donors (Lipinski definition) is 1. The lowest BCUT2D eigenvalue weighted by atomic mass is 10.1. The fourth-order valence-corrected chi connectivity index (χ4v) is 1.63. The van der Waals surface area contributed by atoms with E-state index in [-0.39, 0.29) is 0 Å². The van der Waals surface area contributed by atoms with Crippen molar-refractivity contribution in [2.75, 3.05) is 0 Å². The van der Waals surface area contributed by atoms with Gasteiger partial charge in [0.05, 0.1) is 11.4 Å². The molecule has 0 radical (unpaired) electrons. The predicted octanol–water partition coefficient (Wildman–Crippen LogP) is 3.32. The van der Waals surface area contributed by atoms with E-state index >= 15 is 0 Å². The third kappa shape index (κ3) is 3.06. The molecule has 3 nitrogen and oxygen atoms in total. The number of carboxylic acids is 1. The van der Waals surface area contributed by atoms with Crippen molar-refractivity contribution in [2.45, 2.75) is 19.0 Å². The van der Waals surface area contributed by atoms with E-state index in [2.05, 4.69) is 4.98 Å². The smallest absolute Gasteiger partial charge is 0.434 e. The second-order valence-electron chi connectivity index (χ2n) is 3.23. The Labute approximate surface area is 102 Å². The number of pyridine rings is 1. The molecule has 0 saturated heterocycles. The van der Waals surface area contributed by atoms with Crippen LogP contribution in [0.4, 0.5) is 22.0 Å². The van der Waals surface area contributed by atoms with Gasteiger partial charge in [0.15, 0.2) is 5.69 Å². The lowest BCUT2D eigenvalue weighted by molar-refractivity contribution is -0.141. The van der Waals surface area contributed by atoms with Crippen LogP contribution >= 0.6 is 11.6 Å². The first-order valence-electron chi connectivity index (χ1n) is 4.39. The van der Waals surface area contributed by atoms with Gasteiger partial charge >= 0.3 is 12.1 Å². The van der Waals surface area contributed by atoms with E-state index in [4.69, 9.17) is 16.7 Å². The van der Waals surface area contributed by atoms with Crippen molar-refractivity contribution in [2.24, 2.45) is 0 Å². The normalized spacial score (nSPS) is 11.9. The molecule has 0 bridgehead atoms. The summed E-state index contributed by atoms with van der Waals surface area (Å²) in [5.74, 6) is -1.48. The van der Waals surface area contributed by atoms with Crippen LogP contribution in [0.25, 0.3) is 0 Å². The van der Waals surface area contributed by atoms with Crippen LogP contribution in [0, 0.1) is 0 Å². The minimum atomic E-state index is -4.98. The third-order valence-corrected chi connectivity index (χ3v) is 2.35. The Hall–Kier alpha value is -1.44. The van der Waals surface area contributed by atoms with Crippen molar-refractivity contribution in [1.29, 1.82) is 0 Å². The highest BCUT2D eigenvalue weighted by Crippen LogP contribution is 2.39. The Morgan fingerprint density at radius 2 is 2.00 bits per heavy atom. The largest absolute Gasteiger partial charge is 0.481 e. The number of aromatic nitrogens is 1. The van der Waals surface area contributed by atoms with Crippen molar-refractivity contribution in [3.05, 3.63) is 28.0 Å². The summed E-state index contributed by atoms with van der Waals surface area (Å²) in [6, 6.07) is 0. The van der Waals surface area contributed by atoms with Crippen LogP contribution in [0.2, 0.25) is 5.02 Å². The van der Waals surface area contributed by atoms with E-state index in [0.29, 0.717) is 6.20 Å².